The van der Waals surface area contributed by atoms with E-state index in [0.717, 1.165) is 18.2 Å². The molecule has 1 aromatic carbocycles. The van der Waals surface area contributed by atoms with Crippen LogP contribution in [-0.4, -0.2) is 47.3 Å². The molecule has 8 heteroatoms. The van der Waals surface area contributed by atoms with Crippen molar-refractivity contribution in [2.24, 2.45) is 5.92 Å². The minimum absolute atomic E-state index is 0.0487. The first-order valence-corrected chi connectivity index (χ1v) is 8.14. The van der Waals surface area contributed by atoms with Gasteiger partial charge in [0.15, 0.2) is 0 Å². The molecule has 2 fully saturated rings. The van der Waals surface area contributed by atoms with Crippen LogP contribution >= 0.6 is 0 Å². The summed E-state index contributed by atoms with van der Waals surface area (Å²) < 4.78 is 26.9. The van der Waals surface area contributed by atoms with Crippen molar-refractivity contribution in [3.05, 3.63) is 35.4 Å². The van der Waals surface area contributed by atoms with Crippen LogP contribution in [0.3, 0.4) is 0 Å². The monoisotopic (exact) mass is 351 g/mol. The fourth-order valence-corrected chi connectivity index (χ4v) is 3.31. The van der Waals surface area contributed by atoms with Gasteiger partial charge in [-0.3, -0.25) is 14.4 Å². The maximum Gasteiger partial charge on any atom is 0.254 e. The zero-order valence-electron chi connectivity index (χ0n) is 13.9. The van der Waals surface area contributed by atoms with Crippen LogP contribution in [0.2, 0.25) is 0 Å². The largest absolute Gasteiger partial charge is 0.347 e. The Hall–Kier alpha value is -2.51. The van der Waals surface area contributed by atoms with Gasteiger partial charge in [-0.2, -0.15) is 0 Å². The molecule has 2 saturated heterocycles. The van der Waals surface area contributed by atoms with E-state index in [4.69, 9.17) is 0 Å². The van der Waals surface area contributed by atoms with Crippen molar-refractivity contribution in [2.45, 2.75) is 38.4 Å². The number of benzene rings is 1. The molecule has 0 radical (unpaired) electrons. The first-order valence-electron chi connectivity index (χ1n) is 8.14. The summed E-state index contributed by atoms with van der Waals surface area (Å²) in [5.41, 5.74) is -0.402. The van der Waals surface area contributed by atoms with Crippen molar-refractivity contribution >= 4 is 17.7 Å². The van der Waals surface area contributed by atoms with Crippen LogP contribution < -0.4 is 10.6 Å². The minimum atomic E-state index is -0.830. The number of nitrogens with zero attached hydrogens (tertiary/aromatic N) is 1. The van der Waals surface area contributed by atoms with Crippen LogP contribution in [0, 0.1) is 17.6 Å². The summed E-state index contributed by atoms with van der Waals surface area (Å²) in [7, 11) is 0. The van der Waals surface area contributed by atoms with Crippen LogP contribution in [0.5, 0.6) is 0 Å². The molecule has 0 aliphatic carbocycles. The van der Waals surface area contributed by atoms with Crippen LogP contribution in [0.25, 0.3) is 0 Å². The second kappa shape index (κ2) is 6.42. The van der Waals surface area contributed by atoms with Gasteiger partial charge in [-0.05, 0) is 30.5 Å². The van der Waals surface area contributed by atoms with Gasteiger partial charge in [0.2, 0.25) is 11.8 Å². The van der Waals surface area contributed by atoms with E-state index in [9.17, 15) is 23.2 Å². The lowest BCUT2D eigenvalue weighted by atomic mass is 9.98. The normalized spacial score (nSPS) is 25.8. The van der Waals surface area contributed by atoms with Gasteiger partial charge in [-0.25, -0.2) is 8.78 Å². The predicted molar refractivity (Wildman–Crippen MR) is 84.5 cm³/mol. The average molecular weight is 351 g/mol. The Balaban J connectivity index is 1.72. The molecule has 0 unspecified atom stereocenters. The number of carbonyl (C=O) groups excluding carboxylic acids is 3. The quantitative estimate of drug-likeness (QED) is 0.846. The number of hydrogen-bond acceptors (Lipinski definition) is 3. The van der Waals surface area contributed by atoms with Gasteiger partial charge >= 0.3 is 0 Å². The van der Waals surface area contributed by atoms with Crippen molar-refractivity contribution in [3.63, 3.8) is 0 Å². The first kappa shape index (κ1) is 17.3. The third-order valence-electron chi connectivity index (χ3n) is 4.63. The Bertz CT molecular complexity index is 738. The second-order valence-electron chi connectivity index (χ2n) is 6.77. The van der Waals surface area contributed by atoms with Gasteiger partial charge in [0.05, 0.1) is 5.56 Å². The molecule has 2 aliphatic heterocycles. The van der Waals surface area contributed by atoms with Gasteiger partial charge in [0.1, 0.15) is 23.7 Å². The molecule has 134 valence electrons. The Morgan fingerprint density at radius 3 is 2.72 bits per heavy atom. The maximum absolute atomic E-state index is 13.7. The summed E-state index contributed by atoms with van der Waals surface area (Å²) in [6.07, 6.45) is 0.241. The van der Waals surface area contributed by atoms with E-state index < -0.39 is 41.2 Å². The molecule has 3 atom stereocenters. The first-order chi connectivity index (χ1) is 11.8. The third kappa shape index (κ3) is 3.20. The average Bonchev–Trinajstić information content (AvgIpc) is 2.97. The van der Waals surface area contributed by atoms with Crippen LogP contribution in [0.15, 0.2) is 18.2 Å². The van der Waals surface area contributed by atoms with E-state index in [1.165, 1.54) is 4.90 Å². The fourth-order valence-electron chi connectivity index (χ4n) is 3.31. The summed E-state index contributed by atoms with van der Waals surface area (Å²) in [5.74, 6) is -2.81. The maximum atomic E-state index is 13.7. The van der Waals surface area contributed by atoms with E-state index in [-0.39, 0.29) is 30.7 Å². The minimum Gasteiger partial charge on any atom is -0.347 e. The molecule has 2 heterocycles. The standard InChI is InChI=1S/C17H19F2N3O3/c1-8(2)14-17(25)22-7-10(6-13(22)16(24)21-14)20-15(23)11-5-9(18)3-4-12(11)19/h3-5,8,10,13-14H,6-7H2,1-2H3,(H,20,23)(H,21,24)/t10-,13-,14-/m0/s1. The molecule has 3 amide bonds. The van der Waals surface area contributed by atoms with Crippen molar-refractivity contribution < 1.29 is 23.2 Å². The molecular weight excluding hydrogens is 332 g/mol. The van der Waals surface area contributed by atoms with Crippen molar-refractivity contribution in [1.29, 1.82) is 0 Å². The number of fused-ring (bicyclic) bond motifs is 1. The molecule has 6 nitrogen and oxygen atoms in total. The highest BCUT2D eigenvalue weighted by atomic mass is 19.1. The highest BCUT2D eigenvalue weighted by molar-refractivity contribution is 5.98. The number of halogens is 2. The zero-order valence-corrected chi connectivity index (χ0v) is 13.9. The molecule has 0 bridgehead atoms. The lowest BCUT2D eigenvalue weighted by Gasteiger charge is -2.36. The summed E-state index contributed by atoms with van der Waals surface area (Å²) in [4.78, 5) is 38.3. The Kier molecular flexibility index (Phi) is 4.45. The number of rotatable bonds is 3. The summed E-state index contributed by atoms with van der Waals surface area (Å²) in [6.45, 7) is 3.85. The highest BCUT2D eigenvalue weighted by Crippen LogP contribution is 2.25. The summed E-state index contributed by atoms with van der Waals surface area (Å²) >= 11 is 0. The molecule has 3 rings (SSSR count). The predicted octanol–water partition coefficient (Wildman–Crippen LogP) is 0.818. The lowest BCUT2D eigenvalue weighted by molar-refractivity contribution is -0.148. The van der Waals surface area contributed by atoms with E-state index in [1.807, 2.05) is 13.8 Å². The topological polar surface area (TPSA) is 78.5 Å². The highest BCUT2D eigenvalue weighted by Gasteiger charge is 2.47. The molecule has 25 heavy (non-hydrogen) atoms. The number of carbonyl (C=O) groups is 3. The second-order valence-corrected chi connectivity index (χ2v) is 6.77. The zero-order chi connectivity index (χ0) is 18.3. The van der Waals surface area contributed by atoms with Gasteiger partial charge < -0.3 is 15.5 Å². The summed E-state index contributed by atoms with van der Waals surface area (Å²) in [5, 5.41) is 5.29. The molecule has 1 aromatic rings. The summed E-state index contributed by atoms with van der Waals surface area (Å²) in [6, 6.07) is 0.896. The molecular formula is C17H19F2N3O3. The number of piperazine rings is 1. The van der Waals surface area contributed by atoms with E-state index in [0.29, 0.717) is 0 Å². The van der Waals surface area contributed by atoms with Gasteiger partial charge in [-0.1, -0.05) is 13.8 Å². The van der Waals surface area contributed by atoms with Crippen LogP contribution in [0.1, 0.15) is 30.6 Å². The van der Waals surface area contributed by atoms with E-state index in [1.54, 1.807) is 0 Å². The lowest BCUT2D eigenvalue weighted by Crippen LogP contribution is -2.62. The van der Waals surface area contributed by atoms with E-state index in [2.05, 4.69) is 10.6 Å². The molecule has 0 spiro atoms. The fraction of sp³-hybridized carbons (Fsp3) is 0.471. The Morgan fingerprint density at radius 1 is 1.32 bits per heavy atom. The number of nitrogens with one attached hydrogen (secondary N) is 2. The van der Waals surface area contributed by atoms with Crippen LogP contribution in [-0.2, 0) is 9.59 Å². The molecule has 2 N–H and O–H groups in total. The van der Waals surface area contributed by atoms with Gasteiger partial charge in [0, 0.05) is 12.6 Å². The van der Waals surface area contributed by atoms with Crippen molar-refractivity contribution in [3.8, 4) is 0 Å². The van der Waals surface area contributed by atoms with Crippen molar-refractivity contribution in [2.75, 3.05) is 6.54 Å². The molecule has 0 aromatic heterocycles. The third-order valence-corrected chi connectivity index (χ3v) is 4.63. The molecule has 2 aliphatic rings. The Morgan fingerprint density at radius 2 is 2.04 bits per heavy atom. The molecule has 0 saturated carbocycles. The SMILES string of the molecule is CC(C)[C@@H]1NC(=O)[C@@H]2C[C@H](NC(=O)c3cc(F)ccc3F)CN2C1=O. The van der Waals surface area contributed by atoms with Crippen molar-refractivity contribution in [1.82, 2.24) is 15.5 Å². The van der Waals surface area contributed by atoms with Crippen LogP contribution in [0.4, 0.5) is 8.78 Å². The number of hydrogen-bond donors (Lipinski definition) is 2. The van der Waals surface area contributed by atoms with Gasteiger partial charge in [-0.15, -0.1) is 0 Å². The Labute approximate surface area is 143 Å². The van der Waals surface area contributed by atoms with Gasteiger partial charge in [0.25, 0.3) is 5.91 Å². The van der Waals surface area contributed by atoms with E-state index >= 15 is 0 Å². The number of amides is 3. The smallest absolute Gasteiger partial charge is 0.254 e.